The molecule has 0 heterocycles. The topological polar surface area (TPSA) is 149 Å². The van der Waals surface area contributed by atoms with Gasteiger partial charge in [0.05, 0.1) is 16.4 Å². The molecule has 3 aromatic carbocycles. The molecule has 3 aromatic rings. The van der Waals surface area contributed by atoms with Crippen molar-refractivity contribution in [3.05, 3.63) is 77.3 Å². The number of nitrogens with one attached hydrogen (secondary N) is 1. The average Bonchev–Trinajstić information content (AvgIpc) is 2.81. The number of hydrogen-bond donors (Lipinski definition) is 3. The van der Waals surface area contributed by atoms with Gasteiger partial charge in [0, 0.05) is 12.0 Å². The molecule has 5 N–H and O–H groups in total. The summed E-state index contributed by atoms with van der Waals surface area (Å²) in [5, 5.41) is 7.57. The minimum Gasteiger partial charge on any atom is -0.455 e. The number of para-hydroxylation sites is 2. The molecule has 1 unspecified atom stereocenters. The number of amidine groups is 1. The van der Waals surface area contributed by atoms with Crippen LogP contribution >= 0.6 is 11.6 Å². The normalized spacial score (nSPS) is 12.0. The maximum Gasteiger partial charge on any atom is 0.332 e. The summed E-state index contributed by atoms with van der Waals surface area (Å²) >= 11 is 6.23. The number of carbonyl (C=O) groups excluding carboxylic acids is 1. The number of nitrogens with two attached hydrogens (primary N) is 2. The van der Waals surface area contributed by atoms with E-state index in [2.05, 4.69) is 0 Å². The Hall–Kier alpha value is -3.83. The fourth-order valence-corrected chi connectivity index (χ4v) is 4.02. The Morgan fingerprint density at radius 3 is 2.42 bits per heavy atom. The number of nitrogens with zero attached hydrogens (tertiary/aromatic N) is 1. The Morgan fingerprint density at radius 1 is 1.06 bits per heavy atom. The molecule has 0 radical (unpaired) electrons. The monoisotopic (exact) mass is 534 g/mol. The van der Waals surface area contributed by atoms with Crippen molar-refractivity contribution in [2.24, 2.45) is 11.5 Å². The van der Waals surface area contributed by atoms with Gasteiger partial charge in [0.2, 0.25) is 6.29 Å². The summed E-state index contributed by atoms with van der Waals surface area (Å²) in [6.07, 6.45) is 0.313. The van der Waals surface area contributed by atoms with E-state index in [0.717, 1.165) is 23.1 Å². The van der Waals surface area contributed by atoms with Crippen LogP contribution in [0.15, 0.2) is 71.6 Å². The fourth-order valence-electron chi connectivity index (χ4n) is 3.33. The molecule has 0 aliphatic heterocycles. The first kappa shape index (κ1) is 26.8. The summed E-state index contributed by atoms with van der Waals surface area (Å²) in [7, 11) is -5.08. The zero-order valence-electron chi connectivity index (χ0n) is 19.1. The molecule has 3 rings (SSSR count). The van der Waals surface area contributed by atoms with Crippen molar-refractivity contribution in [1.82, 2.24) is 0 Å². The highest BCUT2D eigenvalue weighted by molar-refractivity contribution is 7.86. The summed E-state index contributed by atoms with van der Waals surface area (Å²) in [5.41, 5.74) is 11.6. The number of urea groups is 1. The van der Waals surface area contributed by atoms with E-state index in [1.807, 2.05) is 6.92 Å². The summed E-state index contributed by atoms with van der Waals surface area (Å²) in [6.45, 7) is 1.93. The number of benzene rings is 3. The third kappa shape index (κ3) is 6.43. The van der Waals surface area contributed by atoms with E-state index in [-0.39, 0.29) is 28.0 Å². The minimum atomic E-state index is -5.08. The van der Waals surface area contributed by atoms with Crippen molar-refractivity contribution in [2.75, 3.05) is 4.90 Å². The first-order valence-electron chi connectivity index (χ1n) is 10.7. The molecule has 0 saturated heterocycles. The highest BCUT2D eigenvalue weighted by Gasteiger charge is 2.25. The van der Waals surface area contributed by atoms with Gasteiger partial charge in [-0.25, -0.2) is 4.79 Å². The summed E-state index contributed by atoms with van der Waals surface area (Å²) < 4.78 is 48.6. The van der Waals surface area contributed by atoms with E-state index in [0.29, 0.717) is 24.2 Å². The first-order chi connectivity index (χ1) is 17.0. The zero-order valence-corrected chi connectivity index (χ0v) is 20.7. The van der Waals surface area contributed by atoms with Gasteiger partial charge in [0.1, 0.15) is 22.2 Å². The van der Waals surface area contributed by atoms with Crippen molar-refractivity contribution >= 4 is 45.1 Å². The van der Waals surface area contributed by atoms with Gasteiger partial charge >= 0.3 is 16.3 Å². The molecule has 0 saturated carbocycles. The number of halogens is 2. The molecule has 1 atom stereocenters. The Kier molecular flexibility index (Phi) is 8.38. The van der Waals surface area contributed by atoms with Crippen LogP contribution in [0.5, 0.6) is 11.5 Å². The van der Waals surface area contributed by atoms with Crippen LogP contribution in [0.25, 0.3) is 0 Å². The van der Waals surface area contributed by atoms with E-state index in [9.17, 15) is 17.1 Å². The molecule has 0 aliphatic rings. The van der Waals surface area contributed by atoms with Crippen LogP contribution < -0.4 is 25.8 Å². The molecule has 0 aliphatic carbocycles. The number of rotatable bonds is 10. The molecule has 9 nitrogen and oxygen atoms in total. The molecule has 0 aromatic heterocycles. The second kappa shape index (κ2) is 11.3. The zero-order chi connectivity index (χ0) is 26.5. The van der Waals surface area contributed by atoms with Crippen LogP contribution in [-0.4, -0.2) is 26.6 Å². The van der Waals surface area contributed by atoms with Crippen molar-refractivity contribution in [3.63, 3.8) is 0 Å². The lowest BCUT2D eigenvalue weighted by molar-refractivity contribution is -0.000627. The van der Waals surface area contributed by atoms with E-state index in [1.165, 1.54) is 6.07 Å². The summed E-state index contributed by atoms with van der Waals surface area (Å²) in [6, 6.07) is 15.0. The van der Waals surface area contributed by atoms with E-state index in [4.69, 9.17) is 38.0 Å². The SMILES string of the molecule is CCCC(Oc1cccc(C(=N)N)c1)Oc1ccccc1N(C(N)=O)c1cc(S(=O)(=O)F)ccc1Cl. The number of nitrogen functional groups attached to an aromatic ring is 1. The van der Waals surface area contributed by atoms with E-state index in [1.54, 1.807) is 42.5 Å². The average molecular weight is 535 g/mol. The van der Waals surface area contributed by atoms with Crippen molar-refractivity contribution in [1.29, 1.82) is 5.41 Å². The van der Waals surface area contributed by atoms with Gasteiger partial charge in [-0.05, 0) is 48.9 Å². The predicted octanol–water partition coefficient (Wildman–Crippen LogP) is 5.08. The van der Waals surface area contributed by atoms with E-state index >= 15 is 0 Å². The molecular formula is C24H24ClFN4O5S. The molecule has 0 fully saturated rings. The standard InChI is InChI=1S/C24H24ClFN4O5S/c1-2-6-22(34-16-8-5-7-15(13-16)23(27)28)35-21-10-4-3-9-19(21)30(24(29)31)20-14-17(36(26,32)33)11-12-18(20)25/h3-5,7-14,22H,2,6H2,1H3,(H3,27,28)(H2,29,31). The maximum atomic E-state index is 13.7. The van der Waals surface area contributed by atoms with Crippen LogP contribution in [0.1, 0.15) is 25.3 Å². The number of hydrogen-bond acceptors (Lipinski definition) is 6. The number of ether oxygens (including phenoxy) is 2. The third-order valence-electron chi connectivity index (χ3n) is 4.96. The van der Waals surface area contributed by atoms with Gasteiger partial charge in [-0.15, -0.1) is 3.89 Å². The van der Waals surface area contributed by atoms with Crippen LogP contribution in [0.2, 0.25) is 5.02 Å². The van der Waals surface area contributed by atoms with Crippen molar-refractivity contribution < 1.29 is 26.6 Å². The second-order valence-corrected chi connectivity index (χ2v) is 9.34. The number of carbonyl (C=O) groups is 1. The van der Waals surface area contributed by atoms with Gasteiger partial charge in [-0.1, -0.05) is 42.8 Å². The first-order valence-corrected chi connectivity index (χ1v) is 12.5. The van der Waals surface area contributed by atoms with Crippen LogP contribution in [0.4, 0.5) is 20.1 Å². The van der Waals surface area contributed by atoms with Crippen molar-refractivity contribution in [3.8, 4) is 11.5 Å². The van der Waals surface area contributed by atoms with Crippen LogP contribution in [-0.2, 0) is 10.2 Å². The number of amides is 2. The Morgan fingerprint density at radius 2 is 1.78 bits per heavy atom. The largest absolute Gasteiger partial charge is 0.455 e. The number of anilines is 2. The van der Waals surface area contributed by atoms with Crippen molar-refractivity contribution in [2.45, 2.75) is 31.0 Å². The lowest BCUT2D eigenvalue weighted by Gasteiger charge is -2.27. The smallest absolute Gasteiger partial charge is 0.332 e. The predicted molar refractivity (Wildman–Crippen MR) is 135 cm³/mol. The molecule has 0 bridgehead atoms. The summed E-state index contributed by atoms with van der Waals surface area (Å²) in [4.78, 5) is 12.7. The van der Waals surface area contributed by atoms with Gasteiger partial charge in [0.25, 0.3) is 0 Å². The van der Waals surface area contributed by atoms with Gasteiger partial charge in [-0.3, -0.25) is 10.3 Å². The molecular weight excluding hydrogens is 511 g/mol. The molecule has 2 amide bonds. The molecule has 0 spiro atoms. The van der Waals surface area contributed by atoms with Gasteiger partial charge in [-0.2, -0.15) is 8.42 Å². The van der Waals surface area contributed by atoms with E-state index < -0.39 is 27.4 Å². The fraction of sp³-hybridized carbons (Fsp3) is 0.167. The van der Waals surface area contributed by atoms with Gasteiger partial charge in [0.15, 0.2) is 0 Å². The van der Waals surface area contributed by atoms with Gasteiger partial charge < -0.3 is 20.9 Å². The van der Waals surface area contributed by atoms with Crippen LogP contribution in [0, 0.1) is 5.41 Å². The molecule has 12 heteroatoms. The highest BCUT2D eigenvalue weighted by Crippen LogP contribution is 2.39. The lowest BCUT2D eigenvalue weighted by Crippen LogP contribution is -2.33. The quantitative estimate of drug-likeness (QED) is 0.143. The Bertz CT molecular complexity index is 1390. The van der Waals surface area contributed by atoms with Crippen LogP contribution in [0.3, 0.4) is 0 Å². The molecule has 36 heavy (non-hydrogen) atoms. The number of primary amides is 1. The Labute approximate surface area is 213 Å². The third-order valence-corrected chi connectivity index (χ3v) is 6.10. The minimum absolute atomic E-state index is 0.0431. The Balaban J connectivity index is 2.01. The summed E-state index contributed by atoms with van der Waals surface area (Å²) in [5.74, 6) is 0.460. The second-order valence-electron chi connectivity index (χ2n) is 7.59. The maximum absolute atomic E-state index is 13.7. The molecule has 190 valence electrons. The lowest BCUT2D eigenvalue weighted by atomic mass is 10.2. The highest BCUT2D eigenvalue weighted by atomic mass is 35.5.